The third kappa shape index (κ3) is 2.15. The number of rotatable bonds is 1. The van der Waals surface area contributed by atoms with Crippen molar-refractivity contribution in [3.63, 3.8) is 0 Å². The van der Waals surface area contributed by atoms with Gasteiger partial charge in [0.05, 0.1) is 11.2 Å². The highest BCUT2D eigenvalue weighted by molar-refractivity contribution is 6.00. The number of nitrogens with zero attached hydrogens (tertiary/aromatic N) is 1. The number of carbonyl (C=O) groups is 1. The standard InChI is InChI=1S/C16H21N3O/c1-10-6-7-19(9-11(10)2)16(20)14-8-12-4-3-5-13(17)15(12)18-14/h3-5,8,10-11,18H,6-7,9,17H2,1-2H3. The second-order valence-corrected chi connectivity index (χ2v) is 5.99. The van der Waals surface area contributed by atoms with Crippen molar-refractivity contribution in [2.45, 2.75) is 20.3 Å². The second kappa shape index (κ2) is 4.85. The van der Waals surface area contributed by atoms with E-state index in [0.29, 0.717) is 23.2 Å². The van der Waals surface area contributed by atoms with Crippen LogP contribution < -0.4 is 5.73 Å². The molecule has 0 saturated carbocycles. The molecule has 2 unspecified atom stereocenters. The highest BCUT2D eigenvalue weighted by atomic mass is 16.2. The number of anilines is 1. The number of piperidine rings is 1. The maximum atomic E-state index is 12.6. The van der Waals surface area contributed by atoms with Gasteiger partial charge < -0.3 is 15.6 Å². The molecule has 1 saturated heterocycles. The largest absolute Gasteiger partial charge is 0.397 e. The van der Waals surface area contributed by atoms with Gasteiger partial charge in [0.15, 0.2) is 0 Å². The lowest BCUT2D eigenvalue weighted by Crippen LogP contribution is -2.42. The van der Waals surface area contributed by atoms with Gasteiger partial charge in [-0.2, -0.15) is 0 Å². The first-order valence-electron chi connectivity index (χ1n) is 7.22. The molecule has 2 atom stereocenters. The van der Waals surface area contributed by atoms with E-state index in [1.165, 1.54) is 0 Å². The fourth-order valence-corrected chi connectivity index (χ4v) is 2.91. The molecule has 0 spiro atoms. The Morgan fingerprint density at radius 2 is 2.15 bits per heavy atom. The van der Waals surface area contributed by atoms with Crippen LogP contribution in [0.15, 0.2) is 24.3 Å². The number of benzene rings is 1. The minimum absolute atomic E-state index is 0.0827. The lowest BCUT2D eigenvalue weighted by molar-refractivity contribution is 0.0622. The molecule has 1 aliphatic heterocycles. The number of likely N-dealkylation sites (tertiary alicyclic amines) is 1. The summed E-state index contributed by atoms with van der Waals surface area (Å²) >= 11 is 0. The van der Waals surface area contributed by atoms with Crippen LogP contribution in [0.25, 0.3) is 10.9 Å². The summed E-state index contributed by atoms with van der Waals surface area (Å²) < 4.78 is 0. The van der Waals surface area contributed by atoms with Gasteiger partial charge in [-0.3, -0.25) is 4.79 Å². The second-order valence-electron chi connectivity index (χ2n) is 5.99. The molecule has 3 N–H and O–H groups in total. The predicted molar refractivity (Wildman–Crippen MR) is 81.6 cm³/mol. The van der Waals surface area contributed by atoms with E-state index in [-0.39, 0.29) is 5.91 Å². The van der Waals surface area contributed by atoms with E-state index in [4.69, 9.17) is 5.73 Å². The first-order valence-corrected chi connectivity index (χ1v) is 7.22. The molecule has 0 bridgehead atoms. The highest BCUT2D eigenvalue weighted by Gasteiger charge is 2.27. The van der Waals surface area contributed by atoms with Crippen LogP contribution in [0.3, 0.4) is 0 Å². The zero-order chi connectivity index (χ0) is 14.3. The number of fused-ring (bicyclic) bond motifs is 1. The third-order valence-electron chi connectivity index (χ3n) is 4.54. The molecule has 3 rings (SSSR count). The van der Waals surface area contributed by atoms with E-state index in [2.05, 4.69) is 18.8 Å². The average molecular weight is 271 g/mol. The number of hydrogen-bond acceptors (Lipinski definition) is 2. The topological polar surface area (TPSA) is 62.1 Å². The van der Waals surface area contributed by atoms with Gasteiger partial charge in [0.1, 0.15) is 5.69 Å². The normalized spacial score (nSPS) is 23.2. The van der Waals surface area contributed by atoms with Crippen molar-refractivity contribution in [3.8, 4) is 0 Å². The number of carbonyl (C=O) groups excluding carboxylic acids is 1. The van der Waals surface area contributed by atoms with Crippen LogP contribution in [0.1, 0.15) is 30.8 Å². The lowest BCUT2D eigenvalue weighted by Gasteiger charge is -2.35. The number of aromatic amines is 1. The van der Waals surface area contributed by atoms with Crippen molar-refractivity contribution in [2.24, 2.45) is 11.8 Å². The Bertz CT molecular complexity index is 646. The fraction of sp³-hybridized carbons (Fsp3) is 0.438. The molecular formula is C16H21N3O. The molecule has 4 heteroatoms. The SMILES string of the molecule is CC1CCN(C(=O)c2cc3cccc(N)c3[nH]2)CC1C. The van der Waals surface area contributed by atoms with Gasteiger partial charge in [-0.05, 0) is 30.4 Å². The van der Waals surface area contributed by atoms with Crippen molar-refractivity contribution in [1.82, 2.24) is 9.88 Å². The number of H-pyrrole nitrogens is 1. The Morgan fingerprint density at radius 3 is 2.85 bits per heavy atom. The number of nitrogens with two attached hydrogens (primary N) is 1. The van der Waals surface area contributed by atoms with Gasteiger partial charge in [0.2, 0.25) is 0 Å². The summed E-state index contributed by atoms with van der Waals surface area (Å²) in [7, 11) is 0. The highest BCUT2D eigenvalue weighted by Crippen LogP contribution is 2.26. The molecule has 0 radical (unpaired) electrons. The molecular weight excluding hydrogens is 250 g/mol. The zero-order valence-corrected chi connectivity index (χ0v) is 12.0. The quantitative estimate of drug-likeness (QED) is 0.783. The lowest BCUT2D eigenvalue weighted by atomic mass is 9.88. The molecule has 0 aliphatic carbocycles. The minimum Gasteiger partial charge on any atom is -0.397 e. The summed E-state index contributed by atoms with van der Waals surface area (Å²) in [6.45, 7) is 6.16. The summed E-state index contributed by atoms with van der Waals surface area (Å²) in [5.74, 6) is 1.33. The van der Waals surface area contributed by atoms with E-state index in [0.717, 1.165) is 30.4 Å². The molecule has 1 aromatic carbocycles. The summed E-state index contributed by atoms with van der Waals surface area (Å²) in [6, 6.07) is 7.62. The van der Waals surface area contributed by atoms with E-state index in [1.807, 2.05) is 29.2 Å². The number of nitrogen functional groups attached to an aromatic ring is 1. The average Bonchev–Trinajstić information content (AvgIpc) is 2.86. The van der Waals surface area contributed by atoms with E-state index >= 15 is 0 Å². The number of hydrogen-bond donors (Lipinski definition) is 2. The molecule has 1 aliphatic rings. The Morgan fingerprint density at radius 1 is 1.35 bits per heavy atom. The molecule has 1 amide bonds. The zero-order valence-electron chi connectivity index (χ0n) is 12.0. The Labute approximate surface area is 118 Å². The first-order chi connectivity index (χ1) is 9.56. The maximum Gasteiger partial charge on any atom is 0.270 e. The van der Waals surface area contributed by atoms with Crippen LogP contribution in [0, 0.1) is 11.8 Å². The maximum absolute atomic E-state index is 12.6. The molecule has 2 heterocycles. The van der Waals surface area contributed by atoms with Gasteiger partial charge >= 0.3 is 0 Å². The number of aromatic nitrogens is 1. The summed E-state index contributed by atoms with van der Waals surface area (Å²) in [6.07, 6.45) is 1.08. The molecule has 2 aromatic rings. The number of para-hydroxylation sites is 1. The molecule has 1 fully saturated rings. The van der Waals surface area contributed by atoms with Gasteiger partial charge in [-0.25, -0.2) is 0 Å². The van der Waals surface area contributed by atoms with Gasteiger partial charge in [-0.15, -0.1) is 0 Å². The van der Waals surface area contributed by atoms with Gasteiger partial charge in [0.25, 0.3) is 5.91 Å². The Balaban J connectivity index is 1.87. The summed E-state index contributed by atoms with van der Waals surface area (Å²) in [5, 5.41) is 0.992. The number of nitrogens with one attached hydrogen (secondary N) is 1. The van der Waals surface area contributed by atoms with Gasteiger partial charge in [-0.1, -0.05) is 26.0 Å². The van der Waals surface area contributed by atoms with Gasteiger partial charge in [0, 0.05) is 18.5 Å². The van der Waals surface area contributed by atoms with Crippen molar-refractivity contribution < 1.29 is 4.79 Å². The molecule has 1 aromatic heterocycles. The predicted octanol–water partition coefficient (Wildman–Crippen LogP) is 2.87. The van der Waals surface area contributed by atoms with E-state index in [9.17, 15) is 4.79 Å². The fourth-order valence-electron chi connectivity index (χ4n) is 2.91. The van der Waals surface area contributed by atoms with Crippen molar-refractivity contribution in [1.29, 1.82) is 0 Å². The minimum atomic E-state index is 0.0827. The van der Waals surface area contributed by atoms with Crippen molar-refractivity contribution in [2.75, 3.05) is 18.8 Å². The van der Waals surface area contributed by atoms with Crippen molar-refractivity contribution >= 4 is 22.5 Å². The molecule has 20 heavy (non-hydrogen) atoms. The molecule has 106 valence electrons. The van der Waals surface area contributed by atoms with Crippen molar-refractivity contribution in [3.05, 3.63) is 30.0 Å². The van der Waals surface area contributed by atoms with Crippen LogP contribution >= 0.6 is 0 Å². The van der Waals surface area contributed by atoms with Crippen LogP contribution in [0.5, 0.6) is 0 Å². The smallest absolute Gasteiger partial charge is 0.270 e. The van der Waals surface area contributed by atoms with E-state index in [1.54, 1.807) is 0 Å². The Kier molecular flexibility index (Phi) is 3.16. The Hall–Kier alpha value is -1.97. The summed E-state index contributed by atoms with van der Waals surface area (Å²) in [5.41, 5.74) is 8.11. The third-order valence-corrected chi connectivity index (χ3v) is 4.54. The van der Waals surface area contributed by atoms with Crippen LogP contribution in [-0.4, -0.2) is 28.9 Å². The van der Waals surface area contributed by atoms with Crippen LogP contribution in [0.2, 0.25) is 0 Å². The molecule has 4 nitrogen and oxygen atoms in total. The van der Waals surface area contributed by atoms with Crippen LogP contribution in [0.4, 0.5) is 5.69 Å². The monoisotopic (exact) mass is 271 g/mol. The first kappa shape index (κ1) is 13.0. The summed E-state index contributed by atoms with van der Waals surface area (Å²) in [4.78, 5) is 17.7. The van der Waals surface area contributed by atoms with Crippen LogP contribution in [-0.2, 0) is 0 Å². The number of amides is 1. The van der Waals surface area contributed by atoms with E-state index < -0.39 is 0 Å².